The number of sulfone groups is 1. The lowest BCUT2D eigenvalue weighted by Gasteiger charge is -2.31. The molecule has 0 radical (unpaired) electrons. The van der Waals surface area contributed by atoms with Crippen molar-refractivity contribution in [2.45, 2.75) is 31.3 Å². The van der Waals surface area contributed by atoms with Crippen LogP contribution in [0, 0.1) is 0 Å². The minimum Gasteiger partial charge on any atom is -0.488 e. The van der Waals surface area contributed by atoms with E-state index in [1.54, 1.807) is 48.5 Å². The Labute approximate surface area is 163 Å². The third-order valence-electron chi connectivity index (χ3n) is 4.42. The molecule has 28 heavy (non-hydrogen) atoms. The van der Waals surface area contributed by atoms with Gasteiger partial charge < -0.3 is 14.8 Å². The van der Waals surface area contributed by atoms with Gasteiger partial charge in [-0.25, -0.2) is 13.2 Å². The normalized spacial score (nSPS) is 18.5. The number of fused-ring (bicyclic) bond motifs is 1. The van der Waals surface area contributed by atoms with Crippen LogP contribution in [0.3, 0.4) is 0 Å². The predicted molar refractivity (Wildman–Crippen MR) is 102 cm³/mol. The van der Waals surface area contributed by atoms with Crippen LogP contribution in [-0.2, 0) is 26.0 Å². The Morgan fingerprint density at radius 1 is 1.11 bits per heavy atom. The fraction of sp³-hybridized carbons (Fsp3) is 0.300. The second kappa shape index (κ2) is 8.43. The number of carbonyl (C=O) groups is 2. The van der Waals surface area contributed by atoms with Crippen molar-refractivity contribution in [2.24, 2.45) is 0 Å². The third kappa shape index (κ3) is 4.51. The number of nitrogens with one attached hydrogen (secondary N) is 1. The van der Waals surface area contributed by atoms with E-state index in [1.807, 2.05) is 6.07 Å². The molecule has 7 nitrogen and oxygen atoms in total. The lowest BCUT2D eigenvalue weighted by Crippen LogP contribution is -2.39. The van der Waals surface area contributed by atoms with Gasteiger partial charge in [0.2, 0.25) is 5.91 Å². The number of amides is 1. The molecule has 1 aliphatic rings. The summed E-state index contributed by atoms with van der Waals surface area (Å²) in [6.07, 6.45) is -0.527. The molecule has 1 unspecified atom stereocenters. The molecule has 0 saturated carbocycles. The summed E-state index contributed by atoms with van der Waals surface area (Å²) in [6, 6.07) is 15.5. The molecule has 0 aromatic heterocycles. The average molecular weight is 403 g/mol. The fourth-order valence-electron chi connectivity index (χ4n) is 3.04. The van der Waals surface area contributed by atoms with Crippen molar-refractivity contribution < 1.29 is 27.5 Å². The van der Waals surface area contributed by atoms with Crippen molar-refractivity contribution in [3.05, 3.63) is 65.7 Å². The van der Waals surface area contributed by atoms with Gasteiger partial charge in [-0.15, -0.1) is 0 Å². The quantitative estimate of drug-likeness (QED) is 0.771. The van der Waals surface area contributed by atoms with E-state index in [2.05, 4.69) is 5.32 Å². The summed E-state index contributed by atoms with van der Waals surface area (Å²) in [5.74, 6) is 0.137. The molecule has 1 amide bonds. The van der Waals surface area contributed by atoms with E-state index in [4.69, 9.17) is 9.47 Å². The Morgan fingerprint density at radius 3 is 2.50 bits per heavy atom. The lowest BCUT2D eigenvalue weighted by atomic mass is 10.0. The minimum atomic E-state index is -4.27. The molecule has 0 aliphatic carbocycles. The first-order valence-electron chi connectivity index (χ1n) is 8.82. The Kier molecular flexibility index (Phi) is 5.99. The van der Waals surface area contributed by atoms with E-state index in [9.17, 15) is 18.0 Å². The summed E-state index contributed by atoms with van der Waals surface area (Å²) in [5, 5.41) is 0.254. The van der Waals surface area contributed by atoms with Crippen LogP contribution in [0.25, 0.3) is 0 Å². The molecule has 3 rings (SSSR count). The Bertz CT molecular complexity index is 958. The second-order valence-corrected chi connectivity index (χ2v) is 8.50. The van der Waals surface area contributed by atoms with Gasteiger partial charge >= 0.3 is 5.30 Å². The van der Waals surface area contributed by atoms with Crippen LogP contribution in [0.2, 0.25) is 0 Å². The van der Waals surface area contributed by atoms with E-state index in [1.165, 1.54) is 6.92 Å². The molecule has 2 aromatic rings. The number of hydrogen-bond acceptors (Lipinski definition) is 6. The molecule has 148 valence electrons. The standard InChI is InChI=1S/C20H21NO6S/c1-14(22)21-12-16-11-19(17-9-5-6-10-18(17)27-16)28(24,25)20(23)26-13-15-7-3-2-4-8-15/h2-10,16,19H,11-13H2,1H3,(H,21,22)/t16-,19?/m1/s1. The zero-order valence-corrected chi connectivity index (χ0v) is 16.1. The molecule has 0 saturated heterocycles. The molecule has 0 fully saturated rings. The van der Waals surface area contributed by atoms with Crippen molar-refractivity contribution in [3.8, 4) is 5.75 Å². The highest BCUT2D eigenvalue weighted by Crippen LogP contribution is 2.40. The maximum absolute atomic E-state index is 12.9. The Balaban J connectivity index is 1.80. The van der Waals surface area contributed by atoms with E-state index in [-0.39, 0.29) is 25.5 Å². The summed E-state index contributed by atoms with van der Waals surface area (Å²) >= 11 is 0. The molecule has 2 aromatic carbocycles. The predicted octanol–water partition coefficient (Wildman–Crippen LogP) is 2.77. The van der Waals surface area contributed by atoms with Gasteiger partial charge in [0.15, 0.2) is 0 Å². The molecule has 2 atom stereocenters. The number of ether oxygens (including phenoxy) is 2. The molecule has 1 N–H and O–H groups in total. The molecule has 1 heterocycles. The number of carbonyl (C=O) groups excluding carboxylic acids is 2. The summed E-state index contributed by atoms with van der Waals surface area (Å²) < 4.78 is 36.7. The Hall–Kier alpha value is -2.87. The van der Waals surface area contributed by atoms with Gasteiger partial charge in [-0.3, -0.25) is 4.79 Å². The van der Waals surface area contributed by atoms with Crippen LogP contribution in [0.4, 0.5) is 4.79 Å². The zero-order chi connectivity index (χ0) is 20.1. The average Bonchev–Trinajstić information content (AvgIpc) is 2.70. The molecule has 0 spiro atoms. The number of rotatable bonds is 5. The van der Waals surface area contributed by atoms with Crippen LogP contribution in [0.15, 0.2) is 54.6 Å². The lowest BCUT2D eigenvalue weighted by molar-refractivity contribution is -0.119. The van der Waals surface area contributed by atoms with Gasteiger partial charge in [0.05, 0.1) is 6.54 Å². The highest BCUT2D eigenvalue weighted by atomic mass is 32.2. The van der Waals surface area contributed by atoms with Crippen molar-refractivity contribution in [1.29, 1.82) is 0 Å². The SMILES string of the molecule is CC(=O)NC[C@H]1CC(S(=O)(=O)C(=O)OCc2ccccc2)c2ccccc2O1. The number of hydrogen-bond donors (Lipinski definition) is 1. The van der Waals surface area contributed by atoms with Crippen LogP contribution in [0.1, 0.15) is 29.7 Å². The van der Waals surface area contributed by atoms with Crippen LogP contribution < -0.4 is 10.1 Å². The molecular formula is C20H21NO6S. The summed E-state index contributed by atoms with van der Waals surface area (Å²) in [4.78, 5) is 23.6. The van der Waals surface area contributed by atoms with E-state index >= 15 is 0 Å². The zero-order valence-electron chi connectivity index (χ0n) is 15.3. The first kappa shape index (κ1) is 19.9. The fourth-order valence-corrected chi connectivity index (χ4v) is 4.49. The van der Waals surface area contributed by atoms with Gasteiger partial charge in [0.25, 0.3) is 9.84 Å². The van der Waals surface area contributed by atoms with Gasteiger partial charge in [-0.2, -0.15) is 0 Å². The van der Waals surface area contributed by atoms with Crippen molar-refractivity contribution in [2.75, 3.05) is 6.54 Å². The minimum absolute atomic E-state index is 0.0417. The van der Waals surface area contributed by atoms with Crippen LogP contribution in [-0.4, -0.2) is 32.3 Å². The van der Waals surface area contributed by atoms with Crippen molar-refractivity contribution >= 4 is 21.0 Å². The number of benzene rings is 2. The molecule has 1 aliphatic heterocycles. The third-order valence-corrected chi connectivity index (χ3v) is 6.20. The van der Waals surface area contributed by atoms with Crippen LogP contribution in [0.5, 0.6) is 5.75 Å². The number of para-hydroxylation sites is 1. The smallest absolute Gasteiger partial charge is 0.425 e. The maximum Gasteiger partial charge on any atom is 0.425 e. The van der Waals surface area contributed by atoms with Crippen LogP contribution >= 0.6 is 0 Å². The highest BCUT2D eigenvalue weighted by molar-refractivity contribution is 8.05. The second-order valence-electron chi connectivity index (χ2n) is 6.51. The summed E-state index contributed by atoms with van der Waals surface area (Å²) in [6.45, 7) is 1.39. The largest absolute Gasteiger partial charge is 0.488 e. The maximum atomic E-state index is 12.9. The summed E-state index contributed by atoms with van der Waals surface area (Å²) in [7, 11) is -4.27. The highest BCUT2D eigenvalue weighted by Gasteiger charge is 2.42. The summed E-state index contributed by atoms with van der Waals surface area (Å²) in [5.41, 5.74) is 1.11. The molecule has 8 heteroatoms. The first-order valence-corrected chi connectivity index (χ1v) is 10.4. The molecular weight excluding hydrogens is 382 g/mol. The van der Waals surface area contributed by atoms with E-state index in [0.29, 0.717) is 16.9 Å². The Morgan fingerprint density at radius 2 is 1.79 bits per heavy atom. The van der Waals surface area contributed by atoms with Gasteiger partial charge in [0.1, 0.15) is 23.7 Å². The van der Waals surface area contributed by atoms with Crippen molar-refractivity contribution in [3.63, 3.8) is 0 Å². The first-order chi connectivity index (χ1) is 13.4. The van der Waals surface area contributed by atoms with Gasteiger partial charge in [-0.1, -0.05) is 48.5 Å². The van der Waals surface area contributed by atoms with E-state index in [0.717, 1.165) is 0 Å². The monoisotopic (exact) mass is 403 g/mol. The van der Waals surface area contributed by atoms with Gasteiger partial charge in [0, 0.05) is 18.9 Å². The van der Waals surface area contributed by atoms with Crippen molar-refractivity contribution in [1.82, 2.24) is 5.32 Å². The van der Waals surface area contributed by atoms with Gasteiger partial charge in [-0.05, 0) is 11.6 Å². The topological polar surface area (TPSA) is 98.8 Å². The molecule has 0 bridgehead atoms. The van der Waals surface area contributed by atoms with E-state index < -0.39 is 26.5 Å².